The molecule has 0 aliphatic rings. The van der Waals surface area contributed by atoms with Gasteiger partial charge in [-0.15, -0.1) is 11.3 Å². The van der Waals surface area contributed by atoms with Crippen LogP contribution in [0, 0.1) is 13.8 Å². The number of carbonyl (C=O) groups is 2. The summed E-state index contributed by atoms with van der Waals surface area (Å²) in [5, 5.41) is 0.0849. The van der Waals surface area contributed by atoms with E-state index in [9.17, 15) is 18.0 Å². The summed E-state index contributed by atoms with van der Waals surface area (Å²) in [5.74, 6) is -0.904. The van der Waals surface area contributed by atoms with Crippen molar-refractivity contribution in [2.75, 3.05) is 11.3 Å². The third kappa shape index (κ3) is 4.08. The second kappa shape index (κ2) is 7.37. The Bertz CT molecular complexity index is 911. The Hall–Kier alpha value is -2.19. The molecule has 0 unspecified atom stereocenters. The van der Waals surface area contributed by atoms with Crippen molar-refractivity contribution in [1.29, 1.82) is 0 Å². The lowest BCUT2D eigenvalue weighted by molar-refractivity contribution is 0.0527. The van der Waals surface area contributed by atoms with Crippen molar-refractivity contribution in [2.45, 2.75) is 32.6 Å². The largest absolute Gasteiger partial charge is 0.462 e. The molecule has 1 N–H and O–H groups in total. The summed E-state index contributed by atoms with van der Waals surface area (Å²) >= 11 is 0.932. The summed E-state index contributed by atoms with van der Waals surface area (Å²) in [6.45, 7) is 6.62. The molecule has 8 heteroatoms. The van der Waals surface area contributed by atoms with Crippen LogP contribution in [-0.2, 0) is 14.8 Å². The number of sulfonamides is 1. The third-order valence-corrected chi connectivity index (χ3v) is 6.31. The van der Waals surface area contributed by atoms with Gasteiger partial charge in [-0.3, -0.25) is 9.52 Å². The van der Waals surface area contributed by atoms with Gasteiger partial charge in [0.05, 0.1) is 21.9 Å². The molecule has 134 valence electrons. The quantitative estimate of drug-likeness (QED) is 0.610. The predicted molar refractivity (Wildman–Crippen MR) is 97.0 cm³/mol. The Morgan fingerprint density at radius 3 is 2.28 bits per heavy atom. The smallest absolute Gasteiger partial charge is 0.341 e. The van der Waals surface area contributed by atoms with E-state index in [-0.39, 0.29) is 27.9 Å². The van der Waals surface area contributed by atoms with Crippen molar-refractivity contribution in [1.82, 2.24) is 0 Å². The van der Waals surface area contributed by atoms with E-state index in [1.54, 1.807) is 26.0 Å². The maximum Gasteiger partial charge on any atom is 0.341 e. The molecular formula is C17H19NO5S2. The van der Waals surface area contributed by atoms with Crippen LogP contribution in [0.2, 0.25) is 0 Å². The number of hydrogen-bond donors (Lipinski definition) is 1. The monoisotopic (exact) mass is 381 g/mol. The highest BCUT2D eigenvalue weighted by Gasteiger charge is 2.27. The fraction of sp³-hybridized carbons (Fsp3) is 0.294. The number of Topliss-reactive ketones (excluding diaryl/α,β-unsaturated/α-hetero) is 1. The van der Waals surface area contributed by atoms with Gasteiger partial charge >= 0.3 is 5.97 Å². The van der Waals surface area contributed by atoms with E-state index in [2.05, 4.69) is 4.72 Å². The third-order valence-electron chi connectivity index (χ3n) is 3.50. The first-order chi connectivity index (χ1) is 11.7. The first-order valence-corrected chi connectivity index (χ1v) is 9.88. The first-order valence-electron chi connectivity index (χ1n) is 7.58. The molecular weight excluding hydrogens is 362 g/mol. The number of carbonyl (C=O) groups excluding carboxylic acids is 2. The summed E-state index contributed by atoms with van der Waals surface area (Å²) in [6.07, 6.45) is 0. The van der Waals surface area contributed by atoms with Crippen molar-refractivity contribution in [3.05, 3.63) is 45.8 Å². The van der Waals surface area contributed by atoms with Crippen LogP contribution in [-0.4, -0.2) is 26.8 Å². The van der Waals surface area contributed by atoms with Crippen molar-refractivity contribution >= 4 is 38.1 Å². The van der Waals surface area contributed by atoms with E-state index in [1.807, 2.05) is 6.92 Å². The second-order valence-corrected chi connectivity index (χ2v) is 8.16. The highest BCUT2D eigenvalue weighted by molar-refractivity contribution is 7.93. The van der Waals surface area contributed by atoms with Crippen LogP contribution < -0.4 is 4.72 Å². The zero-order valence-corrected chi connectivity index (χ0v) is 16.0. The fourth-order valence-electron chi connectivity index (χ4n) is 2.27. The van der Waals surface area contributed by atoms with Crippen molar-refractivity contribution in [3.8, 4) is 0 Å². The van der Waals surface area contributed by atoms with E-state index < -0.39 is 16.0 Å². The molecule has 2 rings (SSSR count). The second-order valence-electron chi connectivity index (χ2n) is 5.46. The van der Waals surface area contributed by atoms with Crippen LogP contribution in [0.15, 0.2) is 29.2 Å². The van der Waals surface area contributed by atoms with Crippen LogP contribution in [0.5, 0.6) is 0 Å². The van der Waals surface area contributed by atoms with E-state index in [0.29, 0.717) is 10.4 Å². The minimum atomic E-state index is -3.89. The van der Waals surface area contributed by atoms with E-state index >= 15 is 0 Å². The van der Waals surface area contributed by atoms with Gasteiger partial charge < -0.3 is 4.74 Å². The van der Waals surface area contributed by atoms with Gasteiger partial charge in [-0.05, 0) is 45.4 Å². The fourth-order valence-corrected chi connectivity index (χ4v) is 4.66. The lowest BCUT2D eigenvalue weighted by Gasteiger charge is -2.09. The number of ether oxygens (including phenoxy) is 1. The minimum Gasteiger partial charge on any atom is -0.462 e. The summed E-state index contributed by atoms with van der Waals surface area (Å²) in [6, 6.07) is 6.32. The molecule has 0 radical (unpaired) electrons. The summed E-state index contributed by atoms with van der Waals surface area (Å²) in [7, 11) is -3.89. The van der Waals surface area contributed by atoms with Gasteiger partial charge in [-0.25, -0.2) is 13.2 Å². The molecule has 0 spiro atoms. The molecule has 2 aromatic rings. The van der Waals surface area contributed by atoms with Crippen molar-refractivity contribution in [2.24, 2.45) is 0 Å². The number of anilines is 1. The number of thiophene rings is 1. The Labute approximate surface area is 150 Å². The maximum atomic E-state index is 12.6. The van der Waals surface area contributed by atoms with E-state index in [1.165, 1.54) is 19.1 Å². The van der Waals surface area contributed by atoms with Gasteiger partial charge in [0.2, 0.25) is 0 Å². The van der Waals surface area contributed by atoms with Crippen LogP contribution in [0.3, 0.4) is 0 Å². The van der Waals surface area contributed by atoms with Gasteiger partial charge in [0.15, 0.2) is 5.78 Å². The molecule has 0 saturated heterocycles. The van der Waals surface area contributed by atoms with Gasteiger partial charge in [0.1, 0.15) is 5.00 Å². The minimum absolute atomic E-state index is 0.0725. The topological polar surface area (TPSA) is 89.5 Å². The molecule has 0 atom stereocenters. The molecule has 1 heterocycles. The van der Waals surface area contributed by atoms with Crippen LogP contribution in [0.25, 0.3) is 0 Å². The highest BCUT2D eigenvalue weighted by Crippen LogP contribution is 2.35. The number of ketones is 1. The Balaban J connectivity index is 2.50. The molecule has 0 bridgehead atoms. The van der Waals surface area contributed by atoms with Gasteiger partial charge in [-0.1, -0.05) is 17.7 Å². The Morgan fingerprint density at radius 1 is 1.16 bits per heavy atom. The van der Waals surface area contributed by atoms with Crippen LogP contribution >= 0.6 is 11.3 Å². The van der Waals surface area contributed by atoms with E-state index in [0.717, 1.165) is 16.9 Å². The van der Waals surface area contributed by atoms with Gasteiger partial charge in [0, 0.05) is 0 Å². The lowest BCUT2D eigenvalue weighted by Crippen LogP contribution is -2.15. The van der Waals surface area contributed by atoms with Crippen LogP contribution in [0.1, 0.15) is 45.0 Å². The molecule has 0 fully saturated rings. The number of benzene rings is 1. The number of nitrogens with one attached hydrogen (secondary N) is 1. The Morgan fingerprint density at radius 2 is 1.76 bits per heavy atom. The average Bonchev–Trinajstić information content (AvgIpc) is 2.84. The summed E-state index contributed by atoms with van der Waals surface area (Å²) in [4.78, 5) is 24.4. The number of aryl methyl sites for hydroxylation is 1. The van der Waals surface area contributed by atoms with Gasteiger partial charge in [0.25, 0.3) is 10.0 Å². The molecule has 0 aliphatic heterocycles. The standard InChI is InChI=1S/C17H19NO5S2/c1-5-23-17(20)14-11(3)15(12(4)19)24-16(14)18-25(21,22)13-8-6-10(2)7-9-13/h6-9,18H,5H2,1-4H3. The SMILES string of the molecule is CCOC(=O)c1c(NS(=O)(=O)c2ccc(C)cc2)sc(C(C)=O)c1C. The normalized spacial score (nSPS) is 11.2. The molecule has 1 aromatic carbocycles. The molecule has 0 saturated carbocycles. The van der Waals surface area contributed by atoms with E-state index in [4.69, 9.17) is 4.74 Å². The molecule has 0 amide bonds. The lowest BCUT2D eigenvalue weighted by atomic mass is 10.1. The molecule has 0 aliphatic carbocycles. The van der Waals surface area contributed by atoms with Gasteiger partial charge in [-0.2, -0.15) is 0 Å². The van der Waals surface area contributed by atoms with Crippen LogP contribution in [0.4, 0.5) is 5.00 Å². The number of hydrogen-bond acceptors (Lipinski definition) is 6. The van der Waals surface area contributed by atoms with Crippen molar-refractivity contribution < 1.29 is 22.7 Å². The molecule has 1 aromatic heterocycles. The number of rotatable bonds is 6. The zero-order valence-electron chi connectivity index (χ0n) is 14.4. The summed E-state index contributed by atoms with van der Waals surface area (Å²) < 4.78 is 32.6. The summed E-state index contributed by atoms with van der Waals surface area (Å²) in [5.41, 5.74) is 1.42. The number of esters is 1. The predicted octanol–water partition coefficient (Wildman–Crippen LogP) is 3.55. The zero-order chi connectivity index (χ0) is 18.8. The average molecular weight is 381 g/mol. The molecule has 6 nitrogen and oxygen atoms in total. The van der Waals surface area contributed by atoms with Crippen molar-refractivity contribution in [3.63, 3.8) is 0 Å². The first kappa shape index (κ1) is 19.1. The Kier molecular flexibility index (Phi) is 5.64. The maximum absolute atomic E-state index is 12.6. The molecule has 25 heavy (non-hydrogen) atoms. The highest BCUT2D eigenvalue weighted by atomic mass is 32.2.